The first-order valence-electron chi connectivity index (χ1n) is 6.11. The molecule has 0 saturated heterocycles. The molecule has 0 atom stereocenters. The fourth-order valence-corrected chi connectivity index (χ4v) is 3.06. The van der Waals surface area contributed by atoms with Crippen molar-refractivity contribution < 1.29 is 9.53 Å². The first-order chi connectivity index (χ1) is 9.61. The zero-order chi connectivity index (χ0) is 14.5. The Hall–Kier alpha value is -1.46. The number of carbonyl (C=O) groups excluding carboxylic acids is 1. The van der Waals surface area contributed by atoms with Crippen LogP contribution in [-0.2, 0) is 4.74 Å². The van der Waals surface area contributed by atoms with E-state index in [1.54, 1.807) is 25.1 Å². The number of ether oxygens (including phenoxy) is 1. The van der Waals surface area contributed by atoms with Crippen LogP contribution in [-0.4, -0.2) is 12.6 Å². The summed E-state index contributed by atoms with van der Waals surface area (Å²) in [5, 5.41) is 0. The SMILES string of the molecule is CCOC(=O)c1ccc(N)c(Sc2ccccc2Br)c1. The molecule has 0 fully saturated rings. The highest BCUT2D eigenvalue weighted by atomic mass is 79.9. The minimum Gasteiger partial charge on any atom is -0.462 e. The maximum absolute atomic E-state index is 11.7. The number of anilines is 1. The number of benzene rings is 2. The van der Waals surface area contributed by atoms with Gasteiger partial charge in [0.05, 0.1) is 12.2 Å². The van der Waals surface area contributed by atoms with Gasteiger partial charge in [-0.3, -0.25) is 0 Å². The van der Waals surface area contributed by atoms with Crippen molar-refractivity contribution in [2.45, 2.75) is 16.7 Å². The molecule has 2 rings (SSSR count). The molecule has 0 aliphatic carbocycles. The average Bonchev–Trinajstić information content (AvgIpc) is 2.44. The Bertz CT molecular complexity index is 631. The van der Waals surface area contributed by atoms with E-state index in [-0.39, 0.29) is 5.97 Å². The van der Waals surface area contributed by atoms with Gasteiger partial charge in [0.1, 0.15) is 0 Å². The minimum atomic E-state index is -0.332. The van der Waals surface area contributed by atoms with E-state index < -0.39 is 0 Å². The van der Waals surface area contributed by atoms with E-state index in [0.29, 0.717) is 17.9 Å². The molecule has 0 aliphatic rings. The fraction of sp³-hybridized carbons (Fsp3) is 0.133. The van der Waals surface area contributed by atoms with Crippen LogP contribution in [0, 0.1) is 0 Å². The first kappa shape index (κ1) is 14.9. The maximum Gasteiger partial charge on any atom is 0.338 e. The number of halogens is 1. The molecule has 0 amide bonds. The standard InChI is InChI=1S/C15H14BrNO2S/c1-2-19-15(18)10-7-8-12(17)14(9-10)20-13-6-4-3-5-11(13)16/h3-9H,2,17H2,1H3. The quantitative estimate of drug-likeness (QED) is 0.656. The largest absolute Gasteiger partial charge is 0.462 e. The predicted octanol–water partition coefficient (Wildman–Crippen LogP) is 4.36. The van der Waals surface area contributed by atoms with Crippen molar-refractivity contribution in [3.05, 3.63) is 52.5 Å². The molecule has 5 heteroatoms. The highest BCUT2D eigenvalue weighted by Crippen LogP contribution is 2.36. The summed E-state index contributed by atoms with van der Waals surface area (Å²) in [7, 11) is 0. The third-order valence-electron chi connectivity index (χ3n) is 2.58. The third-order valence-corrected chi connectivity index (χ3v) is 4.68. The summed E-state index contributed by atoms with van der Waals surface area (Å²) in [5.41, 5.74) is 7.12. The highest BCUT2D eigenvalue weighted by molar-refractivity contribution is 9.10. The Balaban J connectivity index is 2.30. The zero-order valence-electron chi connectivity index (χ0n) is 10.9. The Morgan fingerprint density at radius 3 is 2.70 bits per heavy atom. The van der Waals surface area contributed by atoms with Gasteiger partial charge < -0.3 is 10.5 Å². The van der Waals surface area contributed by atoms with Gasteiger partial charge in [-0.1, -0.05) is 23.9 Å². The van der Waals surface area contributed by atoms with Gasteiger partial charge in [-0.25, -0.2) is 4.79 Å². The summed E-state index contributed by atoms with van der Waals surface area (Å²) in [6.07, 6.45) is 0. The Morgan fingerprint density at radius 2 is 2.00 bits per heavy atom. The molecule has 20 heavy (non-hydrogen) atoms. The van der Waals surface area contributed by atoms with E-state index >= 15 is 0 Å². The van der Waals surface area contributed by atoms with Gasteiger partial charge in [0.2, 0.25) is 0 Å². The number of nitrogen functional groups attached to an aromatic ring is 1. The van der Waals surface area contributed by atoms with Crippen LogP contribution in [0.15, 0.2) is 56.7 Å². The van der Waals surface area contributed by atoms with E-state index in [9.17, 15) is 4.79 Å². The monoisotopic (exact) mass is 351 g/mol. The zero-order valence-corrected chi connectivity index (χ0v) is 13.3. The van der Waals surface area contributed by atoms with Gasteiger partial charge in [0.15, 0.2) is 0 Å². The molecule has 2 aromatic carbocycles. The van der Waals surface area contributed by atoms with Crippen molar-refractivity contribution in [3.63, 3.8) is 0 Å². The van der Waals surface area contributed by atoms with E-state index in [4.69, 9.17) is 10.5 Å². The number of hydrogen-bond donors (Lipinski definition) is 1. The summed E-state index contributed by atoms with van der Waals surface area (Å²) < 4.78 is 5.99. The molecule has 0 saturated carbocycles. The van der Waals surface area contributed by atoms with Gasteiger partial charge in [-0.15, -0.1) is 0 Å². The van der Waals surface area contributed by atoms with Crippen LogP contribution in [0.4, 0.5) is 5.69 Å². The second kappa shape index (κ2) is 6.81. The van der Waals surface area contributed by atoms with Crippen LogP contribution < -0.4 is 5.73 Å². The Kier molecular flexibility index (Phi) is 5.09. The molecule has 0 spiro atoms. The lowest BCUT2D eigenvalue weighted by molar-refractivity contribution is 0.0526. The average molecular weight is 352 g/mol. The van der Waals surface area contributed by atoms with Crippen LogP contribution in [0.1, 0.15) is 17.3 Å². The molecule has 0 unspecified atom stereocenters. The predicted molar refractivity (Wildman–Crippen MR) is 85.1 cm³/mol. The number of hydrogen-bond acceptors (Lipinski definition) is 4. The second-order valence-electron chi connectivity index (χ2n) is 4.01. The summed E-state index contributed by atoms with van der Waals surface area (Å²) in [4.78, 5) is 13.6. The lowest BCUT2D eigenvalue weighted by atomic mass is 10.2. The molecule has 2 N–H and O–H groups in total. The molecule has 0 bridgehead atoms. The molecule has 3 nitrogen and oxygen atoms in total. The van der Waals surface area contributed by atoms with Crippen LogP contribution in [0.5, 0.6) is 0 Å². The van der Waals surface area contributed by atoms with Gasteiger partial charge in [-0.05, 0) is 53.2 Å². The van der Waals surface area contributed by atoms with Crippen molar-refractivity contribution in [2.75, 3.05) is 12.3 Å². The topological polar surface area (TPSA) is 52.3 Å². The highest BCUT2D eigenvalue weighted by Gasteiger charge is 2.11. The van der Waals surface area contributed by atoms with E-state index in [1.165, 1.54) is 11.8 Å². The van der Waals surface area contributed by atoms with Crippen molar-refractivity contribution >= 4 is 39.3 Å². The van der Waals surface area contributed by atoms with E-state index in [1.807, 2.05) is 24.3 Å². The Labute approximate surface area is 130 Å². The summed E-state index contributed by atoms with van der Waals surface area (Å²) >= 11 is 5.01. The van der Waals surface area contributed by atoms with Crippen molar-refractivity contribution in [3.8, 4) is 0 Å². The number of esters is 1. The van der Waals surface area contributed by atoms with Crippen molar-refractivity contribution in [2.24, 2.45) is 0 Å². The summed E-state index contributed by atoms with van der Waals surface area (Å²) in [6, 6.07) is 13.0. The molecule has 104 valence electrons. The molecule has 0 radical (unpaired) electrons. The van der Waals surface area contributed by atoms with Gasteiger partial charge in [-0.2, -0.15) is 0 Å². The lowest BCUT2D eigenvalue weighted by Gasteiger charge is -2.09. The smallest absolute Gasteiger partial charge is 0.338 e. The maximum atomic E-state index is 11.7. The Morgan fingerprint density at radius 1 is 1.25 bits per heavy atom. The normalized spacial score (nSPS) is 10.3. The fourth-order valence-electron chi connectivity index (χ4n) is 1.61. The van der Waals surface area contributed by atoms with Crippen LogP contribution in [0.2, 0.25) is 0 Å². The number of carbonyl (C=O) groups is 1. The number of nitrogens with two attached hydrogens (primary N) is 1. The number of rotatable bonds is 4. The lowest BCUT2D eigenvalue weighted by Crippen LogP contribution is -2.05. The van der Waals surface area contributed by atoms with Gasteiger partial charge in [0, 0.05) is 20.0 Å². The first-order valence-corrected chi connectivity index (χ1v) is 7.71. The third kappa shape index (κ3) is 3.55. The van der Waals surface area contributed by atoms with Crippen LogP contribution >= 0.6 is 27.7 Å². The van der Waals surface area contributed by atoms with Crippen LogP contribution in [0.3, 0.4) is 0 Å². The molecular formula is C15H14BrNO2S. The van der Waals surface area contributed by atoms with Crippen LogP contribution in [0.25, 0.3) is 0 Å². The minimum absolute atomic E-state index is 0.332. The van der Waals surface area contributed by atoms with Crippen molar-refractivity contribution in [1.29, 1.82) is 0 Å². The summed E-state index contributed by atoms with van der Waals surface area (Å²) in [5.74, 6) is -0.332. The molecule has 0 heterocycles. The second-order valence-corrected chi connectivity index (χ2v) is 5.94. The van der Waals surface area contributed by atoms with Gasteiger partial charge in [0.25, 0.3) is 0 Å². The van der Waals surface area contributed by atoms with E-state index in [2.05, 4.69) is 15.9 Å². The summed E-state index contributed by atoms with van der Waals surface area (Å²) in [6.45, 7) is 2.14. The molecular weight excluding hydrogens is 338 g/mol. The molecule has 0 aromatic heterocycles. The van der Waals surface area contributed by atoms with E-state index in [0.717, 1.165) is 14.3 Å². The van der Waals surface area contributed by atoms with Gasteiger partial charge >= 0.3 is 5.97 Å². The molecule has 0 aliphatic heterocycles. The molecule has 2 aromatic rings. The van der Waals surface area contributed by atoms with Crippen molar-refractivity contribution in [1.82, 2.24) is 0 Å².